The zero-order valence-electron chi connectivity index (χ0n) is 15.6. The van der Waals surface area contributed by atoms with Gasteiger partial charge in [-0.15, -0.1) is 0 Å². The summed E-state index contributed by atoms with van der Waals surface area (Å²) in [6, 6.07) is -0.578. The second-order valence-electron chi connectivity index (χ2n) is 7.41. The zero-order valence-corrected chi connectivity index (χ0v) is 15.6. The van der Waals surface area contributed by atoms with Crippen LogP contribution in [0.25, 0.3) is 0 Å². The summed E-state index contributed by atoms with van der Waals surface area (Å²) >= 11 is 0. The Morgan fingerprint density at radius 1 is 1.12 bits per heavy atom. The number of likely N-dealkylation sites (tertiary alicyclic amines) is 1. The van der Waals surface area contributed by atoms with Gasteiger partial charge in [-0.3, -0.25) is 19.2 Å². The van der Waals surface area contributed by atoms with Crippen LogP contribution in [0.5, 0.6) is 0 Å². The van der Waals surface area contributed by atoms with Crippen LogP contribution in [-0.4, -0.2) is 71.3 Å². The minimum absolute atomic E-state index is 0.0562. The van der Waals surface area contributed by atoms with Gasteiger partial charge in [-0.05, 0) is 31.6 Å². The predicted molar refractivity (Wildman–Crippen MR) is 94.1 cm³/mol. The molecule has 2 rings (SSSR count). The van der Waals surface area contributed by atoms with Gasteiger partial charge in [-0.25, -0.2) is 0 Å². The molecule has 0 aromatic carbocycles. The molecule has 3 amide bonds. The standard InChI is InChI=1S/C18H29N3O5/c1-12(22)19-16(13-5-3-4-6-13)17(24)20(2)11-15(23)21-9-7-14(8-10-21)18(25)26/h13-14,16H,3-11H2,1-2H3,(H,19,22)(H,25,26). The van der Waals surface area contributed by atoms with Crippen molar-refractivity contribution in [1.29, 1.82) is 0 Å². The van der Waals surface area contributed by atoms with Crippen LogP contribution in [-0.2, 0) is 19.2 Å². The van der Waals surface area contributed by atoms with E-state index in [0.29, 0.717) is 25.9 Å². The summed E-state index contributed by atoms with van der Waals surface area (Å²) in [6.45, 7) is 2.14. The highest BCUT2D eigenvalue weighted by atomic mass is 16.4. The molecule has 0 radical (unpaired) electrons. The molecule has 0 aromatic rings. The highest BCUT2D eigenvalue weighted by molar-refractivity contribution is 5.90. The molecule has 1 saturated heterocycles. The first-order chi connectivity index (χ1) is 12.3. The average Bonchev–Trinajstić information content (AvgIpc) is 3.13. The summed E-state index contributed by atoms with van der Waals surface area (Å²) < 4.78 is 0. The maximum absolute atomic E-state index is 12.8. The van der Waals surface area contributed by atoms with Crippen LogP contribution < -0.4 is 5.32 Å². The summed E-state index contributed by atoms with van der Waals surface area (Å²) in [6.07, 6.45) is 4.79. The van der Waals surface area contributed by atoms with Crippen molar-refractivity contribution in [2.24, 2.45) is 11.8 Å². The lowest BCUT2D eigenvalue weighted by Gasteiger charge is -2.33. The summed E-state index contributed by atoms with van der Waals surface area (Å²) in [7, 11) is 1.58. The Labute approximate surface area is 153 Å². The number of carboxylic acids is 1. The van der Waals surface area contributed by atoms with Gasteiger partial charge in [0.25, 0.3) is 0 Å². The number of amides is 3. The number of aliphatic carboxylic acids is 1. The molecule has 8 nitrogen and oxygen atoms in total. The Hall–Kier alpha value is -2.12. The molecule has 1 atom stereocenters. The summed E-state index contributed by atoms with van der Waals surface area (Å²) in [5.41, 5.74) is 0. The first-order valence-corrected chi connectivity index (χ1v) is 9.32. The van der Waals surface area contributed by atoms with Gasteiger partial charge in [0.2, 0.25) is 17.7 Å². The van der Waals surface area contributed by atoms with Crippen LogP contribution in [0.4, 0.5) is 0 Å². The molecule has 2 N–H and O–H groups in total. The van der Waals surface area contributed by atoms with Crippen molar-refractivity contribution in [1.82, 2.24) is 15.1 Å². The molecular weight excluding hydrogens is 338 g/mol. The number of nitrogens with zero attached hydrogens (tertiary/aromatic N) is 2. The first-order valence-electron chi connectivity index (χ1n) is 9.32. The predicted octanol–water partition coefficient (Wildman–Crippen LogP) is 0.463. The topological polar surface area (TPSA) is 107 Å². The lowest BCUT2D eigenvalue weighted by atomic mass is 9.96. The van der Waals surface area contributed by atoms with Crippen LogP contribution in [0.3, 0.4) is 0 Å². The number of carboxylic acid groups (broad SMARTS) is 1. The Balaban J connectivity index is 1.90. The summed E-state index contributed by atoms with van der Waals surface area (Å²) in [5.74, 6) is -1.76. The van der Waals surface area contributed by atoms with E-state index in [0.717, 1.165) is 25.7 Å². The van der Waals surface area contributed by atoms with Crippen LogP contribution in [0, 0.1) is 11.8 Å². The van der Waals surface area contributed by atoms with Crippen LogP contribution >= 0.6 is 0 Å². The number of hydrogen-bond donors (Lipinski definition) is 2. The van der Waals surface area contributed by atoms with Crippen molar-refractivity contribution in [3.8, 4) is 0 Å². The second kappa shape index (κ2) is 9.00. The molecule has 0 spiro atoms. The molecule has 26 heavy (non-hydrogen) atoms. The van der Waals surface area contributed by atoms with Crippen LogP contribution in [0.1, 0.15) is 45.4 Å². The smallest absolute Gasteiger partial charge is 0.306 e. The molecule has 1 saturated carbocycles. The number of piperidine rings is 1. The minimum Gasteiger partial charge on any atom is -0.481 e. The van der Waals surface area contributed by atoms with E-state index in [1.807, 2.05) is 0 Å². The monoisotopic (exact) mass is 367 g/mol. The Kier molecular flexibility index (Phi) is 6.99. The molecule has 1 aliphatic carbocycles. The third kappa shape index (κ3) is 5.19. The highest BCUT2D eigenvalue weighted by Gasteiger charge is 2.34. The molecule has 0 bridgehead atoms. The van der Waals surface area contributed by atoms with Crippen molar-refractivity contribution >= 4 is 23.7 Å². The fourth-order valence-electron chi connectivity index (χ4n) is 3.89. The van der Waals surface area contributed by atoms with Gasteiger partial charge < -0.3 is 20.2 Å². The van der Waals surface area contributed by atoms with Gasteiger partial charge in [0, 0.05) is 27.1 Å². The molecular formula is C18H29N3O5. The molecule has 146 valence electrons. The third-order valence-electron chi connectivity index (χ3n) is 5.44. The van der Waals surface area contributed by atoms with Crippen molar-refractivity contribution in [3.63, 3.8) is 0 Å². The van der Waals surface area contributed by atoms with Crippen LogP contribution in [0.15, 0.2) is 0 Å². The van der Waals surface area contributed by atoms with Crippen molar-refractivity contribution in [2.75, 3.05) is 26.7 Å². The Morgan fingerprint density at radius 2 is 1.69 bits per heavy atom. The van der Waals surface area contributed by atoms with E-state index in [9.17, 15) is 19.2 Å². The quantitative estimate of drug-likeness (QED) is 0.709. The number of likely N-dealkylation sites (N-methyl/N-ethyl adjacent to an activating group) is 1. The zero-order chi connectivity index (χ0) is 19.3. The largest absolute Gasteiger partial charge is 0.481 e. The first kappa shape index (κ1) is 20.2. The third-order valence-corrected chi connectivity index (χ3v) is 5.44. The van der Waals surface area contributed by atoms with Gasteiger partial charge in [0.1, 0.15) is 6.04 Å². The van der Waals surface area contributed by atoms with Gasteiger partial charge in [0.15, 0.2) is 0 Å². The number of hydrogen-bond acceptors (Lipinski definition) is 4. The summed E-state index contributed by atoms with van der Waals surface area (Å²) in [5, 5.41) is 11.8. The van der Waals surface area contributed by atoms with Crippen LogP contribution in [0.2, 0.25) is 0 Å². The molecule has 1 unspecified atom stereocenters. The maximum atomic E-state index is 12.8. The lowest BCUT2D eigenvalue weighted by Crippen LogP contribution is -2.53. The molecule has 8 heteroatoms. The number of nitrogens with one attached hydrogen (secondary N) is 1. The van der Waals surface area contributed by atoms with E-state index in [4.69, 9.17) is 5.11 Å². The van der Waals surface area contributed by atoms with Gasteiger partial charge in [-0.2, -0.15) is 0 Å². The maximum Gasteiger partial charge on any atom is 0.306 e. The van der Waals surface area contributed by atoms with Gasteiger partial charge in [-0.1, -0.05) is 12.8 Å². The molecule has 1 aliphatic heterocycles. The average molecular weight is 367 g/mol. The Bertz CT molecular complexity index is 551. The fraction of sp³-hybridized carbons (Fsp3) is 0.778. The van der Waals surface area contributed by atoms with E-state index in [-0.39, 0.29) is 30.2 Å². The Morgan fingerprint density at radius 3 is 2.19 bits per heavy atom. The molecule has 1 heterocycles. The van der Waals surface area contributed by atoms with E-state index in [1.165, 1.54) is 11.8 Å². The second-order valence-corrected chi connectivity index (χ2v) is 7.41. The SMILES string of the molecule is CC(=O)NC(C(=O)N(C)CC(=O)N1CCC(C(=O)O)CC1)C1CCCC1. The number of rotatable bonds is 6. The van der Waals surface area contributed by atoms with E-state index < -0.39 is 17.9 Å². The lowest BCUT2D eigenvalue weighted by molar-refractivity contribution is -0.147. The number of carbonyl (C=O) groups excluding carboxylic acids is 3. The van der Waals surface area contributed by atoms with Gasteiger partial charge in [0.05, 0.1) is 12.5 Å². The number of carbonyl (C=O) groups is 4. The van der Waals surface area contributed by atoms with Crippen molar-refractivity contribution in [2.45, 2.75) is 51.5 Å². The van der Waals surface area contributed by atoms with E-state index >= 15 is 0 Å². The fourth-order valence-corrected chi connectivity index (χ4v) is 3.89. The van der Waals surface area contributed by atoms with Gasteiger partial charge >= 0.3 is 5.97 Å². The minimum atomic E-state index is -0.820. The molecule has 2 fully saturated rings. The molecule has 2 aliphatic rings. The normalized spacial score (nSPS) is 19.8. The molecule has 0 aromatic heterocycles. The van der Waals surface area contributed by atoms with E-state index in [1.54, 1.807) is 11.9 Å². The van der Waals surface area contributed by atoms with Crippen molar-refractivity contribution in [3.05, 3.63) is 0 Å². The highest BCUT2D eigenvalue weighted by Crippen LogP contribution is 2.28. The van der Waals surface area contributed by atoms with Crippen molar-refractivity contribution < 1.29 is 24.3 Å². The van der Waals surface area contributed by atoms with E-state index in [2.05, 4.69) is 5.32 Å². The summed E-state index contributed by atoms with van der Waals surface area (Å²) in [4.78, 5) is 50.7.